The molecule has 1 N–H and O–H groups in total. The number of nitrogens with zero attached hydrogens (tertiary/aromatic N) is 2. The molecule has 4 nitrogen and oxygen atoms in total. The van der Waals surface area contributed by atoms with Crippen LogP contribution in [0.2, 0.25) is 0 Å². The minimum Gasteiger partial charge on any atom is -0.381 e. The molecule has 3 saturated heterocycles. The fourth-order valence-corrected chi connectivity index (χ4v) is 4.42. The van der Waals surface area contributed by atoms with Crippen molar-refractivity contribution in [2.24, 2.45) is 5.41 Å². The lowest BCUT2D eigenvalue weighted by Crippen LogP contribution is -2.61. The van der Waals surface area contributed by atoms with Crippen LogP contribution in [0.1, 0.15) is 39.5 Å². The van der Waals surface area contributed by atoms with E-state index in [-0.39, 0.29) is 0 Å². The minimum absolute atomic E-state index is 0.348. The Hall–Kier alpha value is -0.160. The minimum atomic E-state index is 0.348. The Labute approximate surface area is 130 Å². The molecule has 3 atom stereocenters. The maximum atomic E-state index is 5.76. The molecule has 0 aliphatic carbocycles. The molecule has 3 unspecified atom stereocenters. The molecular weight excluding hydrogens is 262 g/mol. The van der Waals surface area contributed by atoms with E-state index in [9.17, 15) is 0 Å². The van der Waals surface area contributed by atoms with E-state index in [1.807, 2.05) is 0 Å². The van der Waals surface area contributed by atoms with Crippen LogP contribution in [-0.2, 0) is 4.74 Å². The van der Waals surface area contributed by atoms with E-state index in [4.69, 9.17) is 4.74 Å². The summed E-state index contributed by atoms with van der Waals surface area (Å²) in [5.41, 5.74) is 0.348. The monoisotopic (exact) mass is 295 g/mol. The molecule has 0 bridgehead atoms. The molecule has 21 heavy (non-hydrogen) atoms. The zero-order valence-corrected chi connectivity index (χ0v) is 13.9. The lowest BCUT2D eigenvalue weighted by molar-refractivity contribution is -0.00907. The Morgan fingerprint density at radius 3 is 2.95 bits per heavy atom. The van der Waals surface area contributed by atoms with Crippen molar-refractivity contribution in [3.05, 3.63) is 0 Å². The van der Waals surface area contributed by atoms with Crippen LogP contribution in [0.15, 0.2) is 0 Å². The van der Waals surface area contributed by atoms with Crippen LogP contribution in [0.25, 0.3) is 0 Å². The van der Waals surface area contributed by atoms with E-state index in [2.05, 4.69) is 29.0 Å². The molecule has 4 heteroatoms. The molecule has 0 amide bonds. The first-order valence-corrected chi connectivity index (χ1v) is 8.99. The Balaban J connectivity index is 1.62. The summed E-state index contributed by atoms with van der Waals surface area (Å²) in [6.07, 6.45) is 5.45. The summed E-state index contributed by atoms with van der Waals surface area (Å²) in [7, 11) is 0. The van der Waals surface area contributed by atoms with E-state index >= 15 is 0 Å². The van der Waals surface area contributed by atoms with Crippen LogP contribution in [0.5, 0.6) is 0 Å². The van der Waals surface area contributed by atoms with E-state index in [1.165, 1.54) is 51.9 Å². The number of hydrogen-bond acceptors (Lipinski definition) is 4. The van der Waals surface area contributed by atoms with Crippen molar-refractivity contribution in [1.29, 1.82) is 0 Å². The summed E-state index contributed by atoms with van der Waals surface area (Å²) in [5, 5.41) is 3.57. The van der Waals surface area contributed by atoms with E-state index in [0.717, 1.165) is 32.3 Å². The van der Waals surface area contributed by atoms with Crippen molar-refractivity contribution in [3.8, 4) is 0 Å². The molecule has 3 rings (SSSR count). The Bertz CT molecular complexity index is 330. The molecular formula is C17H33N3O. The fourth-order valence-electron chi connectivity index (χ4n) is 4.42. The number of ether oxygens (including phenoxy) is 1. The van der Waals surface area contributed by atoms with Gasteiger partial charge in [0.1, 0.15) is 0 Å². The van der Waals surface area contributed by atoms with Gasteiger partial charge in [-0.05, 0) is 39.3 Å². The van der Waals surface area contributed by atoms with Gasteiger partial charge in [-0.25, -0.2) is 0 Å². The van der Waals surface area contributed by atoms with Crippen LogP contribution in [0.3, 0.4) is 0 Å². The number of rotatable bonds is 5. The maximum Gasteiger partial charge on any atom is 0.0547 e. The van der Waals surface area contributed by atoms with Crippen LogP contribution in [0, 0.1) is 5.41 Å². The fraction of sp³-hybridized carbons (Fsp3) is 1.00. The third kappa shape index (κ3) is 3.61. The smallest absolute Gasteiger partial charge is 0.0547 e. The average molecular weight is 295 g/mol. The Morgan fingerprint density at radius 1 is 1.29 bits per heavy atom. The topological polar surface area (TPSA) is 27.7 Å². The summed E-state index contributed by atoms with van der Waals surface area (Å²) in [4.78, 5) is 5.51. The van der Waals surface area contributed by atoms with E-state index in [1.54, 1.807) is 0 Å². The molecule has 0 aromatic rings. The van der Waals surface area contributed by atoms with Crippen molar-refractivity contribution in [2.75, 3.05) is 52.5 Å². The molecule has 3 aliphatic heterocycles. The van der Waals surface area contributed by atoms with Crippen LogP contribution in [0.4, 0.5) is 0 Å². The largest absolute Gasteiger partial charge is 0.381 e. The number of fused-ring (bicyclic) bond motifs is 1. The van der Waals surface area contributed by atoms with E-state index in [0.29, 0.717) is 11.5 Å². The highest BCUT2D eigenvalue weighted by Gasteiger charge is 2.40. The number of piperidine rings is 1. The number of nitrogens with one attached hydrogen (secondary N) is 1. The average Bonchev–Trinajstić information content (AvgIpc) is 2.95. The predicted octanol–water partition coefficient (Wildman–Crippen LogP) is 1.56. The van der Waals surface area contributed by atoms with E-state index < -0.39 is 0 Å². The van der Waals surface area contributed by atoms with Crippen molar-refractivity contribution < 1.29 is 4.74 Å². The van der Waals surface area contributed by atoms with Gasteiger partial charge < -0.3 is 10.1 Å². The van der Waals surface area contributed by atoms with Gasteiger partial charge in [-0.15, -0.1) is 0 Å². The number of hydrogen-bond donors (Lipinski definition) is 1. The summed E-state index contributed by atoms with van der Waals surface area (Å²) < 4.78 is 5.76. The zero-order valence-electron chi connectivity index (χ0n) is 13.9. The summed E-state index contributed by atoms with van der Waals surface area (Å²) in [6, 6.07) is 1.51. The first-order valence-electron chi connectivity index (χ1n) is 8.99. The van der Waals surface area contributed by atoms with Crippen LogP contribution >= 0.6 is 0 Å². The second kappa shape index (κ2) is 6.95. The van der Waals surface area contributed by atoms with Gasteiger partial charge in [0.05, 0.1) is 6.61 Å². The van der Waals surface area contributed by atoms with Gasteiger partial charge in [0.2, 0.25) is 0 Å². The molecule has 0 aromatic carbocycles. The first kappa shape index (κ1) is 15.7. The SMILES string of the molecule is CCNCC1(CN2CC3CCCCN3CC2C)CCOC1. The standard InChI is InChI=1S/C17H33N3O/c1-3-18-12-17(7-9-21-14-17)13-20-11-16-6-4-5-8-19(16)10-15(20)2/h15-16,18H,3-14H2,1-2H3. The molecule has 3 heterocycles. The van der Waals surface area contributed by atoms with Crippen LogP contribution < -0.4 is 5.32 Å². The Kier molecular flexibility index (Phi) is 5.20. The molecule has 0 saturated carbocycles. The van der Waals surface area contributed by atoms with Crippen molar-refractivity contribution >= 4 is 0 Å². The second-order valence-corrected chi connectivity index (χ2v) is 7.51. The quantitative estimate of drug-likeness (QED) is 0.833. The summed E-state index contributed by atoms with van der Waals surface area (Å²) >= 11 is 0. The van der Waals surface area contributed by atoms with Gasteiger partial charge in [-0.2, -0.15) is 0 Å². The van der Waals surface area contributed by atoms with Gasteiger partial charge in [-0.1, -0.05) is 13.3 Å². The molecule has 3 fully saturated rings. The first-order chi connectivity index (χ1) is 10.2. The van der Waals surface area contributed by atoms with Gasteiger partial charge in [-0.3, -0.25) is 9.80 Å². The normalized spacial score (nSPS) is 38.6. The van der Waals surface area contributed by atoms with Crippen molar-refractivity contribution in [1.82, 2.24) is 15.1 Å². The molecule has 0 aromatic heterocycles. The second-order valence-electron chi connectivity index (χ2n) is 7.51. The van der Waals surface area contributed by atoms with Gasteiger partial charge in [0, 0.05) is 50.3 Å². The van der Waals surface area contributed by atoms with Crippen molar-refractivity contribution in [3.63, 3.8) is 0 Å². The summed E-state index contributed by atoms with van der Waals surface area (Å²) in [6.45, 7) is 13.8. The van der Waals surface area contributed by atoms with Gasteiger partial charge in [0.25, 0.3) is 0 Å². The summed E-state index contributed by atoms with van der Waals surface area (Å²) in [5.74, 6) is 0. The maximum absolute atomic E-state index is 5.76. The Morgan fingerprint density at radius 2 is 2.19 bits per heavy atom. The molecule has 122 valence electrons. The van der Waals surface area contributed by atoms with Gasteiger partial charge in [0.15, 0.2) is 0 Å². The highest BCUT2D eigenvalue weighted by molar-refractivity contribution is 4.94. The highest BCUT2D eigenvalue weighted by Crippen LogP contribution is 2.32. The van der Waals surface area contributed by atoms with Crippen molar-refractivity contribution in [2.45, 2.75) is 51.6 Å². The highest BCUT2D eigenvalue weighted by atomic mass is 16.5. The van der Waals surface area contributed by atoms with Crippen LogP contribution in [-0.4, -0.2) is 74.4 Å². The third-order valence-electron chi connectivity index (χ3n) is 5.79. The molecule has 0 spiro atoms. The predicted molar refractivity (Wildman–Crippen MR) is 86.7 cm³/mol. The zero-order chi connectivity index (χ0) is 14.7. The van der Waals surface area contributed by atoms with Gasteiger partial charge >= 0.3 is 0 Å². The third-order valence-corrected chi connectivity index (χ3v) is 5.79. The molecule has 3 aliphatic rings. The number of piperazine rings is 1. The lowest BCUT2D eigenvalue weighted by Gasteiger charge is -2.49. The lowest BCUT2D eigenvalue weighted by atomic mass is 9.85. The molecule has 0 radical (unpaired) electrons.